The summed E-state index contributed by atoms with van der Waals surface area (Å²) in [5, 5.41) is 6.62. The lowest BCUT2D eigenvalue weighted by atomic mass is 9.95. The predicted molar refractivity (Wildman–Crippen MR) is 126 cm³/mol. The number of hydrogen-bond donors (Lipinski definition) is 4. The fraction of sp³-hybridized carbons (Fsp3) is 0.0400. The van der Waals surface area contributed by atoms with E-state index in [1.807, 2.05) is 42.5 Å². The first-order valence-corrected chi connectivity index (χ1v) is 9.96. The molecule has 0 fully saturated rings. The second kappa shape index (κ2) is 9.28. The van der Waals surface area contributed by atoms with Crippen LogP contribution in [-0.2, 0) is 16.1 Å². The number of amides is 1. The fourth-order valence-electron chi connectivity index (χ4n) is 3.75. The van der Waals surface area contributed by atoms with Crippen LogP contribution in [0.5, 0.6) is 0 Å². The molecule has 1 heterocycles. The van der Waals surface area contributed by atoms with E-state index in [1.54, 1.807) is 12.3 Å². The van der Waals surface area contributed by atoms with Gasteiger partial charge in [0.05, 0.1) is 11.2 Å². The third kappa shape index (κ3) is 4.14. The molecule has 3 aromatic carbocycles. The molecule has 0 spiro atoms. The maximum Gasteiger partial charge on any atom is 0.211 e. The summed E-state index contributed by atoms with van der Waals surface area (Å²) in [4.78, 5) is 24.9. The molecule has 0 bridgehead atoms. The highest BCUT2D eigenvalue weighted by molar-refractivity contribution is 6.06. The van der Waals surface area contributed by atoms with Crippen molar-refractivity contribution in [1.29, 1.82) is 0 Å². The lowest BCUT2D eigenvalue weighted by Gasteiger charge is -2.13. The molecule has 160 valence electrons. The number of anilines is 2. The zero-order chi connectivity index (χ0) is 22.5. The number of halogens is 1. The topological polar surface area (TPSA) is 100 Å². The molecule has 4 rings (SSSR count). The Bertz CT molecular complexity index is 1330. The number of carbonyl (C=O) groups excluding carboxylic acids is 2. The van der Waals surface area contributed by atoms with Crippen LogP contribution in [0.1, 0.15) is 5.56 Å². The molecular weight excluding hydrogens is 407 g/mol. The minimum absolute atomic E-state index is 0.305. The standard InChI is InChI=1S/C25H21FN4O2/c26-18-4-1-3-16(11-18)24-13-22-21(7-8-23(29-15-32)25(22)30-24)20-6-5-19(12-17(20)14-27)28-9-2-10-31/h1-13,15,28,30H,14,27H2,(H,29,32). The quantitative estimate of drug-likeness (QED) is 0.239. The number of nitrogens with one attached hydrogen (secondary N) is 3. The molecule has 0 saturated carbocycles. The van der Waals surface area contributed by atoms with E-state index >= 15 is 0 Å². The van der Waals surface area contributed by atoms with Gasteiger partial charge >= 0.3 is 0 Å². The van der Waals surface area contributed by atoms with E-state index < -0.39 is 0 Å². The lowest BCUT2D eigenvalue weighted by Crippen LogP contribution is -2.01. The number of hydrogen-bond acceptors (Lipinski definition) is 4. The highest BCUT2D eigenvalue weighted by Crippen LogP contribution is 2.38. The lowest BCUT2D eigenvalue weighted by molar-refractivity contribution is -0.105. The number of benzene rings is 3. The van der Waals surface area contributed by atoms with Crippen molar-refractivity contribution < 1.29 is 14.0 Å². The van der Waals surface area contributed by atoms with Gasteiger partial charge in [0.1, 0.15) is 12.1 Å². The summed E-state index contributed by atoms with van der Waals surface area (Å²) in [5.41, 5.74) is 12.4. The van der Waals surface area contributed by atoms with Crippen molar-refractivity contribution in [2.24, 2.45) is 5.73 Å². The van der Waals surface area contributed by atoms with Gasteiger partial charge in [-0.25, -0.2) is 4.39 Å². The van der Waals surface area contributed by atoms with Crippen LogP contribution in [0.2, 0.25) is 0 Å². The Morgan fingerprint density at radius 1 is 0.969 bits per heavy atom. The number of carbonyl (C=O) groups is 2. The molecule has 1 aromatic heterocycles. The number of fused-ring (bicyclic) bond motifs is 1. The summed E-state index contributed by atoms with van der Waals surface area (Å²) >= 11 is 0. The van der Waals surface area contributed by atoms with E-state index in [-0.39, 0.29) is 5.82 Å². The Labute approximate surface area is 183 Å². The van der Waals surface area contributed by atoms with Crippen molar-refractivity contribution in [3.05, 3.63) is 84.3 Å². The largest absolute Gasteiger partial charge is 0.362 e. The molecule has 0 aliphatic rings. The van der Waals surface area contributed by atoms with Crippen molar-refractivity contribution in [3.8, 4) is 22.4 Å². The first-order chi connectivity index (χ1) is 15.6. The van der Waals surface area contributed by atoms with Gasteiger partial charge in [-0.15, -0.1) is 0 Å². The van der Waals surface area contributed by atoms with Gasteiger partial charge in [-0.05, 0) is 59.2 Å². The maximum atomic E-state index is 13.8. The summed E-state index contributed by atoms with van der Waals surface area (Å²) in [5.74, 6) is -0.329. The van der Waals surface area contributed by atoms with Crippen LogP contribution in [-0.4, -0.2) is 17.7 Å². The number of aldehydes is 1. The first-order valence-electron chi connectivity index (χ1n) is 9.96. The number of H-pyrrole nitrogens is 1. The zero-order valence-corrected chi connectivity index (χ0v) is 17.1. The van der Waals surface area contributed by atoms with Crippen LogP contribution in [0, 0.1) is 5.82 Å². The molecular formula is C25H21FN4O2. The number of aromatic nitrogens is 1. The second-order valence-corrected chi connectivity index (χ2v) is 7.12. The molecule has 4 aromatic rings. The minimum Gasteiger partial charge on any atom is -0.362 e. The highest BCUT2D eigenvalue weighted by Gasteiger charge is 2.15. The molecule has 0 unspecified atom stereocenters. The van der Waals surface area contributed by atoms with Crippen molar-refractivity contribution in [2.45, 2.75) is 6.54 Å². The van der Waals surface area contributed by atoms with Gasteiger partial charge in [-0.2, -0.15) is 0 Å². The van der Waals surface area contributed by atoms with E-state index in [4.69, 9.17) is 5.73 Å². The van der Waals surface area contributed by atoms with Gasteiger partial charge in [0.2, 0.25) is 6.41 Å². The van der Waals surface area contributed by atoms with Crippen LogP contribution < -0.4 is 16.4 Å². The van der Waals surface area contributed by atoms with Gasteiger partial charge < -0.3 is 21.4 Å². The molecule has 0 atom stereocenters. The third-order valence-electron chi connectivity index (χ3n) is 5.18. The number of allylic oxidation sites excluding steroid dienone is 1. The van der Waals surface area contributed by atoms with Gasteiger partial charge in [0.25, 0.3) is 0 Å². The molecule has 1 amide bonds. The van der Waals surface area contributed by atoms with Crippen LogP contribution >= 0.6 is 0 Å². The van der Waals surface area contributed by atoms with Gasteiger partial charge in [0, 0.05) is 35.1 Å². The summed E-state index contributed by atoms with van der Waals surface area (Å²) < 4.78 is 13.8. The minimum atomic E-state index is -0.329. The molecule has 32 heavy (non-hydrogen) atoms. The predicted octanol–water partition coefficient (Wildman–Crippen LogP) is 4.79. The summed E-state index contributed by atoms with van der Waals surface area (Å²) in [6.07, 6.45) is 4.23. The van der Waals surface area contributed by atoms with Gasteiger partial charge in [-0.3, -0.25) is 9.59 Å². The molecule has 5 N–H and O–H groups in total. The summed E-state index contributed by atoms with van der Waals surface area (Å²) in [7, 11) is 0. The van der Waals surface area contributed by atoms with E-state index in [1.165, 1.54) is 18.2 Å². The average Bonchev–Trinajstić information content (AvgIpc) is 3.26. The average molecular weight is 428 g/mol. The van der Waals surface area contributed by atoms with E-state index in [0.29, 0.717) is 30.5 Å². The molecule has 6 nitrogen and oxygen atoms in total. The fourth-order valence-corrected chi connectivity index (χ4v) is 3.75. The van der Waals surface area contributed by atoms with Crippen LogP contribution in [0.4, 0.5) is 15.8 Å². The van der Waals surface area contributed by atoms with Crippen molar-refractivity contribution >= 4 is 35.0 Å². The van der Waals surface area contributed by atoms with E-state index in [9.17, 15) is 14.0 Å². The SMILES string of the molecule is NCc1cc(NC=CC=O)ccc1-c1ccc(NC=O)c2[nH]c(-c3cccc(F)c3)cc12. The summed E-state index contributed by atoms with van der Waals surface area (Å²) in [6, 6.07) is 17.8. The molecule has 0 aliphatic heterocycles. The molecule has 0 radical (unpaired) electrons. The monoisotopic (exact) mass is 428 g/mol. The van der Waals surface area contributed by atoms with Crippen LogP contribution in [0.25, 0.3) is 33.3 Å². The Morgan fingerprint density at radius 3 is 2.56 bits per heavy atom. The maximum absolute atomic E-state index is 13.8. The number of rotatable bonds is 8. The molecule has 0 saturated heterocycles. The molecule has 0 aliphatic carbocycles. The van der Waals surface area contributed by atoms with E-state index in [0.717, 1.165) is 39.0 Å². The number of nitrogens with two attached hydrogens (primary N) is 1. The van der Waals surface area contributed by atoms with Crippen molar-refractivity contribution in [3.63, 3.8) is 0 Å². The Morgan fingerprint density at radius 2 is 1.81 bits per heavy atom. The Hall–Kier alpha value is -4.23. The second-order valence-electron chi connectivity index (χ2n) is 7.12. The summed E-state index contributed by atoms with van der Waals surface area (Å²) in [6.45, 7) is 0.305. The zero-order valence-electron chi connectivity index (χ0n) is 17.1. The smallest absolute Gasteiger partial charge is 0.211 e. The van der Waals surface area contributed by atoms with Crippen molar-refractivity contribution in [1.82, 2.24) is 4.98 Å². The number of aromatic amines is 1. The van der Waals surface area contributed by atoms with Gasteiger partial charge in [0.15, 0.2) is 0 Å². The first kappa shape index (κ1) is 21.0. The van der Waals surface area contributed by atoms with Gasteiger partial charge in [-0.1, -0.05) is 24.3 Å². The van der Waals surface area contributed by atoms with Crippen LogP contribution in [0.3, 0.4) is 0 Å². The van der Waals surface area contributed by atoms with Crippen molar-refractivity contribution in [2.75, 3.05) is 10.6 Å². The van der Waals surface area contributed by atoms with E-state index in [2.05, 4.69) is 15.6 Å². The normalized spacial score (nSPS) is 11.1. The third-order valence-corrected chi connectivity index (χ3v) is 5.18. The Balaban J connectivity index is 1.87. The molecule has 7 heteroatoms. The van der Waals surface area contributed by atoms with Crippen LogP contribution in [0.15, 0.2) is 72.9 Å². The Kier molecular flexibility index (Phi) is 6.10. The highest BCUT2D eigenvalue weighted by atomic mass is 19.1.